The molecule has 4 amide bonds. The highest BCUT2D eigenvalue weighted by atomic mass is 32.1. The van der Waals surface area contributed by atoms with Crippen LogP contribution in [0.25, 0.3) is 10.9 Å². The monoisotopic (exact) mass is 805 g/mol. The molecule has 0 saturated heterocycles. The van der Waals surface area contributed by atoms with E-state index >= 15 is 0 Å². The molecule has 0 spiro atoms. The van der Waals surface area contributed by atoms with E-state index in [1.807, 2.05) is 108 Å². The van der Waals surface area contributed by atoms with Crippen LogP contribution >= 0.6 is 22.7 Å². The highest BCUT2D eigenvalue weighted by Gasteiger charge is 2.28. The third-order valence-electron chi connectivity index (χ3n) is 9.84. The van der Waals surface area contributed by atoms with Gasteiger partial charge in [-0.05, 0) is 48.4 Å². The molecule has 0 aliphatic heterocycles. The number of urea groups is 1. The standard InChI is InChI=1S/C44H51N7O4S2/c1-30(2)42-47-36(28-56-42)26-51(4)43(53)49-39(23-33-25-50(3)40-18-12-11-17-38(33)40)41(52)46-34(21-31-13-7-5-8-14-31)19-20-35(22-32-15-9-6-10-16-32)48-44(54)55-27-37-24-45-29-57-37/h5-18,24-25,28-30,34-35,39H,19-23,26-27H2,1-4H3,(H,46,52)(H,48,54)(H,49,53)/t34-,35-,39+/m1/s1. The zero-order valence-electron chi connectivity index (χ0n) is 32.9. The Bertz CT molecular complexity index is 2190. The minimum absolute atomic E-state index is 0.142. The summed E-state index contributed by atoms with van der Waals surface area (Å²) in [6.45, 7) is 4.65. The van der Waals surface area contributed by atoms with Gasteiger partial charge in [-0.2, -0.15) is 0 Å². The van der Waals surface area contributed by atoms with E-state index in [4.69, 9.17) is 9.72 Å². The molecule has 3 aromatic carbocycles. The fourth-order valence-corrected chi connectivity index (χ4v) is 8.19. The number of thiazole rings is 2. The van der Waals surface area contributed by atoms with Crippen molar-refractivity contribution in [2.75, 3.05) is 7.05 Å². The van der Waals surface area contributed by atoms with Crippen LogP contribution in [0, 0.1) is 0 Å². The lowest BCUT2D eigenvalue weighted by Crippen LogP contribution is -2.53. The zero-order chi connectivity index (χ0) is 40.1. The number of hydrogen-bond donors (Lipinski definition) is 3. The van der Waals surface area contributed by atoms with Crippen LogP contribution in [-0.4, -0.2) is 62.6 Å². The highest BCUT2D eigenvalue weighted by molar-refractivity contribution is 7.09. The predicted octanol–water partition coefficient (Wildman–Crippen LogP) is 8.01. The Morgan fingerprint density at radius 2 is 1.47 bits per heavy atom. The van der Waals surface area contributed by atoms with Crippen molar-refractivity contribution in [1.82, 2.24) is 35.4 Å². The number of ether oxygens (including phenoxy) is 1. The summed E-state index contributed by atoms with van der Waals surface area (Å²) in [6.07, 6.45) is 5.79. The summed E-state index contributed by atoms with van der Waals surface area (Å²) in [5.41, 5.74) is 6.67. The summed E-state index contributed by atoms with van der Waals surface area (Å²) in [7, 11) is 3.70. The van der Waals surface area contributed by atoms with Gasteiger partial charge in [0.2, 0.25) is 5.91 Å². The van der Waals surface area contributed by atoms with Crippen molar-refractivity contribution in [3.63, 3.8) is 0 Å². The second-order valence-corrected chi connectivity index (χ2v) is 16.6. The predicted molar refractivity (Wildman–Crippen MR) is 227 cm³/mol. The van der Waals surface area contributed by atoms with Crippen molar-refractivity contribution in [1.29, 1.82) is 0 Å². The molecule has 11 nitrogen and oxygen atoms in total. The van der Waals surface area contributed by atoms with Crippen LogP contribution in [0.15, 0.2) is 108 Å². The van der Waals surface area contributed by atoms with E-state index in [0.717, 1.165) is 43.2 Å². The number of aromatic nitrogens is 3. The van der Waals surface area contributed by atoms with Crippen LogP contribution in [0.1, 0.15) is 64.9 Å². The molecule has 57 heavy (non-hydrogen) atoms. The SMILES string of the molecule is CC(C)c1nc(CN(C)C(=O)N[C@@H](Cc2cn(C)c3ccccc23)C(=O)N[C@H](CC[C@H](Cc2ccccc2)NC(=O)OCc2cncs2)Cc2ccccc2)cs1. The number of hydrogen-bond acceptors (Lipinski definition) is 8. The number of nitrogens with one attached hydrogen (secondary N) is 3. The number of para-hydroxylation sites is 1. The molecule has 3 atom stereocenters. The summed E-state index contributed by atoms with van der Waals surface area (Å²) in [5, 5.41) is 13.5. The number of fused-ring (bicyclic) bond motifs is 1. The van der Waals surface area contributed by atoms with Gasteiger partial charge in [0.1, 0.15) is 12.6 Å². The molecule has 0 aliphatic rings. The molecule has 3 aromatic heterocycles. The van der Waals surface area contributed by atoms with Crippen LogP contribution in [0.5, 0.6) is 0 Å². The summed E-state index contributed by atoms with van der Waals surface area (Å²) >= 11 is 3.02. The van der Waals surface area contributed by atoms with Crippen LogP contribution in [0.3, 0.4) is 0 Å². The van der Waals surface area contributed by atoms with Crippen molar-refractivity contribution < 1.29 is 19.1 Å². The number of aryl methyl sites for hydroxylation is 1. The number of carbonyl (C=O) groups excluding carboxylic acids is 3. The van der Waals surface area contributed by atoms with Crippen molar-refractivity contribution >= 4 is 51.6 Å². The minimum atomic E-state index is -0.870. The third kappa shape index (κ3) is 12.0. The Labute approximate surface area is 342 Å². The smallest absolute Gasteiger partial charge is 0.407 e. The number of alkyl carbamates (subject to hydrolysis) is 1. The van der Waals surface area contributed by atoms with Gasteiger partial charge in [0.15, 0.2) is 0 Å². The lowest BCUT2D eigenvalue weighted by Gasteiger charge is -2.27. The molecule has 0 bridgehead atoms. The molecule has 3 N–H and O–H groups in total. The van der Waals surface area contributed by atoms with Crippen LogP contribution in [-0.2, 0) is 49.0 Å². The molecular weight excluding hydrogens is 755 g/mol. The second-order valence-electron chi connectivity index (χ2n) is 14.7. The molecule has 0 saturated carbocycles. The number of rotatable bonds is 18. The maximum atomic E-state index is 14.5. The molecule has 0 radical (unpaired) electrons. The Hall–Kier alpha value is -5.53. The van der Waals surface area contributed by atoms with Crippen molar-refractivity contribution in [3.05, 3.63) is 140 Å². The first-order valence-corrected chi connectivity index (χ1v) is 21.0. The summed E-state index contributed by atoms with van der Waals surface area (Å²) in [5.74, 6) is 0.0192. The lowest BCUT2D eigenvalue weighted by molar-refractivity contribution is -0.123. The average Bonchev–Trinajstić information content (AvgIpc) is 3.98. The van der Waals surface area contributed by atoms with Gasteiger partial charge in [-0.1, -0.05) is 92.7 Å². The number of amides is 4. The molecule has 0 unspecified atom stereocenters. The molecule has 6 rings (SSSR count). The van der Waals surface area contributed by atoms with Gasteiger partial charge in [0.25, 0.3) is 0 Å². The number of nitrogens with zero attached hydrogens (tertiary/aromatic N) is 4. The molecule has 3 heterocycles. The van der Waals surface area contributed by atoms with E-state index in [-0.39, 0.29) is 30.6 Å². The summed E-state index contributed by atoms with van der Waals surface area (Å²) < 4.78 is 7.59. The quantitative estimate of drug-likeness (QED) is 0.0808. The van der Waals surface area contributed by atoms with Gasteiger partial charge in [-0.3, -0.25) is 9.78 Å². The molecule has 0 aliphatic carbocycles. The van der Waals surface area contributed by atoms with E-state index in [1.165, 1.54) is 11.3 Å². The maximum absolute atomic E-state index is 14.5. The van der Waals surface area contributed by atoms with Gasteiger partial charge in [-0.15, -0.1) is 22.7 Å². The fourth-order valence-electron chi connectivity index (χ4n) is 6.86. The number of benzene rings is 3. The largest absolute Gasteiger partial charge is 0.444 e. The van der Waals surface area contributed by atoms with E-state index in [1.54, 1.807) is 35.0 Å². The van der Waals surface area contributed by atoms with Crippen molar-refractivity contribution in [3.8, 4) is 0 Å². The van der Waals surface area contributed by atoms with Gasteiger partial charge in [-0.25, -0.2) is 14.6 Å². The van der Waals surface area contributed by atoms with Crippen molar-refractivity contribution in [2.45, 2.75) is 83.1 Å². The van der Waals surface area contributed by atoms with Gasteiger partial charge >= 0.3 is 12.1 Å². The Morgan fingerprint density at radius 1 is 0.825 bits per heavy atom. The summed E-state index contributed by atoms with van der Waals surface area (Å²) in [4.78, 5) is 52.6. The molecule has 0 fully saturated rings. The number of carbonyl (C=O) groups is 3. The topological polar surface area (TPSA) is 130 Å². The average molecular weight is 806 g/mol. The first-order valence-electron chi connectivity index (χ1n) is 19.3. The second kappa shape index (κ2) is 20.1. The molecular formula is C44H51N7O4S2. The van der Waals surface area contributed by atoms with Crippen LogP contribution in [0.4, 0.5) is 9.59 Å². The third-order valence-corrected chi connectivity index (χ3v) is 11.8. The highest BCUT2D eigenvalue weighted by Crippen LogP contribution is 2.23. The maximum Gasteiger partial charge on any atom is 0.407 e. The van der Waals surface area contributed by atoms with E-state index in [9.17, 15) is 14.4 Å². The van der Waals surface area contributed by atoms with Crippen LogP contribution < -0.4 is 16.0 Å². The Kier molecular flexibility index (Phi) is 14.5. The zero-order valence-corrected chi connectivity index (χ0v) is 34.5. The van der Waals surface area contributed by atoms with Gasteiger partial charge in [0.05, 0.1) is 27.6 Å². The lowest BCUT2D eigenvalue weighted by atomic mass is 9.95. The molecule has 298 valence electrons. The van der Waals surface area contributed by atoms with E-state index < -0.39 is 12.1 Å². The fraction of sp³-hybridized carbons (Fsp3) is 0.341. The van der Waals surface area contributed by atoms with Crippen molar-refractivity contribution in [2.24, 2.45) is 7.05 Å². The minimum Gasteiger partial charge on any atom is -0.444 e. The normalized spacial score (nSPS) is 12.9. The first-order chi connectivity index (χ1) is 27.6. The van der Waals surface area contributed by atoms with Gasteiger partial charge in [0, 0.05) is 67.2 Å². The van der Waals surface area contributed by atoms with Gasteiger partial charge < -0.3 is 30.2 Å². The summed E-state index contributed by atoms with van der Waals surface area (Å²) in [6, 6.07) is 26.3. The van der Waals surface area contributed by atoms with E-state index in [0.29, 0.717) is 44.6 Å². The Morgan fingerprint density at radius 3 is 2.11 bits per heavy atom. The van der Waals surface area contributed by atoms with Crippen LogP contribution in [0.2, 0.25) is 0 Å². The first kappa shape index (κ1) is 41.1. The molecule has 13 heteroatoms. The van der Waals surface area contributed by atoms with E-state index in [2.05, 4.69) is 34.8 Å². The molecule has 6 aromatic rings. The Balaban J connectivity index is 1.21.